The molecule has 0 unspecified atom stereocenters. The summed E-state index contributed by atoms with van der Waals surface area (Å²) in [4.78, 5) is 22.1. The second-order valence-corrected chi connectivity index (χ2v) is 5.89. The molecule has 2 aromatic rings. The number of nitrogens with zero attached hydrogens (tertiary/aromatic N) is 2. The van der Waals surface area contributed by atoms with E-state index in [1.807, 2.05) is 0 Å². The van der Waals surface area contributed by atoms with Gasteiger partial charge < -0.3 is 15.0 Å². The number of oxime groups is 2. The molecule has 0 bridgehead atoms. The zero-order valence-electron chi connectivity index (χ0n) is 16.0. The first kappa shape index (κ1) is 21.9. The van der Waals surface area contributed by atoms with Crippen molar-refractivity contribution in [3.8, 4) is 0 Å². The van der Waals surface area contributed by atoms with Gasteiger partial charge in [0.05, 0.1) is 11.8 Å². The number of alkyl halides is 3. The molecule has 9 heteroatoms. The number of likely N-dealkylation sites (N-methyl/N-ethyl adjacent to an activating group) is 1. The van der Waals surface area contributed by atoms with Crippen LogP contribution in [0.1, 0.15) is 35.3 Å². The van der Waals surface area contributed by atoms with Crippen molar-refractivity contribution in [2.45, 2.75) is 19.2 Å². The second-order valence-electron chi connectivity index (χ2n) is 5.89. The summed E-state index contributed by atoms with van der Waals surface area (Å²) in [5.74, 6) is -0.453. The Morgan fingerprint density at radius 1 is 1.17 bits per heavy atom. The Morgan fingerprint density at radius 3 is 2.55 bits per heavy atom. The highest BCUT2D eigenvalue weighted by molar-refractivity contribution is 6.46. The van der Waals surface area contributed by atoms with Crippen LogP contribution in [0.5, 0.6) is 0 Å². The SMILES string of the molecule is CNC(=O)/C(=N\OC)c1ccccc1/C=N/O[C@@H](C)c1cccc(C(F)(F)F)c1. The minimum Gasteiger partial charge on any atom is -0.398 e. The molecule has 154 valence electrons. The lowest BCUT2D eigenvalue weighted by atomic mass is 10.0. The molecule has 0 aliphatic carbocycles. The molecule has 1 N–H and O–H groups in total. The lowest BCUT2D eigenvalue weighted by Gasteiger charge is -2.13. The molecule has 2 aromatic carbocycles. The first-order valence-corrected chi connectivity index (χ1v) is 8.57. The van der Waals surface area contributed by atoms with Gasteiger partial charge in [-0.3, -0.25) is 4.79 Å². The van der Waals surface area contributed by atoms with Gasteiger partial charge in [0.25, 0.3) is 5.91 Å². The van der Waals surface area contributed by atoms with Gasteiger partial charge in [0.2, 0.25) is 0 Å². The minimum atomic E-state index is -4.44. The highest BCUT2D eigenvalue weighted by atomic mass is 19.4. The summed E-state index contributed by atoms with van der Waals surface area (Å²) < 4.78 is 38.6. The Bertz CT molecular complexity index is 911. The van der Waals surface area contributed by atoms with Crippen LogP contribution in [-0.4, -0.2) is 32.0 Å². The Kier molecular flexibility index (Phi) is 7.35. The summed E-state index contributed by atoms with van der Waals surface area (Å²) in [6.45, 7) is 1.58. The summed E-state index contributed by atoms with van der Waals surface area (Å²) in [6, 6.07) is 11.6. The maximum atomic E-state index is 12.9. The Morgan fingerprint density at radius 2 is 1.90 bits per heavy atom. The highest BCUT2D eigenvalue weighted by Gasteiger charge is 2.30. The maximum Gasteiger partial charge on any atom is 0.416 e. The number of nitrogens with one attached hydrogen (secondary N) is 1. The van der Waals surface area contributed by atoms with Crippen molar-refractivity contribution in [2.24, 2.45) is 10.3 Å². The molecule has 0 radical (unpaired) electrons. The largest absolute Gasteiger partial charge is 0.416 e. The molecule has 0 heterocycles. The van der Waals surface area contributed by atoms with Crippen LogP contribution in [0.3, 0.4) is 0 Å². The first-order valence-electron chi connectivity index (χ1n) is 8.57. The number of hydrogen-bond acceptors (Lipinski definition) is 5. The summed E-state index contributed by atoms with van der Waals surface area (Å²) in [6.07, 6.45) is -3.80. The highest BCUT2D eigenvalue weighted by Crippen LogP contribution is 2.31. The van der Waals surface area contributed by atoms with Crippen LogP contribution >= 0.6 is 0 Å². The fourth-order valence-corrected chi connectivity index (χ4v) is 2.46. The molecule has 0 saturated carbocycles. The van der Waals surface area contributed by atoms with Crippen LogP contribution in [0.2, 0.25) is 0 Å². The number of hydrogen-bond donors (Lipinski definition) is 1. The van der Waals surface area contributed by atoms with Crippen LogP contribution in [0.25, 0.3) is 0 Å². The molecule has 6 nitrogen and oxygen atoms in total. The summed E-state index contributed by atoms with van der Waals surface area (Å²) >= 11 is 0. The third-order valence-corrected chi connectivity index (χ3v) is 3.93. The van der Waals surface area contributed by atoms with Crippen LogP contribution in [-0.2, 0) is 20.6 Å². The monoisotopic (exact) mass is 407 g/mol. The van der Waals surface area contributed by atoms with E-state index in [1.165, 1.54) is 32.5 Å². The Hall–Kier alpha value is -3.36. The lowest BCUT2D eigenvalue weighted by molar-refractivity contribution is -0.137. The lowest BCUT2D eigenvalue weighted by Crippen LogP contribution is -2.29. The number of carbonyl (C=O) groups excluding carboxylic acids is 1. The van der Waals surface area contributed by atoms with E-state index in [0.29, 0.717) is 16.7 Å². The molecular formula is C20H20F3N3O3. The van der Waals surface area contributed by atoms with Gasteiger partial charge in [-0.05, 0) is 24.6 Å². The van der Waals surface area contributed by atoms with E-state index in [-0.39, 0.29) is 5.71 Å². The quantitative estimate of drug-likeness (QED) is 0.559. The van der Waals surface area contributed by atoms with E-state index in [0.717, 1.165) is 12.1 Å². The number of carbonyl (C=O) groups is 1. The van der Waals surface area contributed by atoms with Crippen molar-refractivity contribution in [1.29, 1.82) is 0 Å². The topological polar surface area (TPSA) is 72.3 Å². The molecule has 0 fully saturated rings. The summed E-state index contributed by atoms with van der Waals surface area (Å²) in [5.41, 5.74) is 0.585. The standard InChI is InChI=1S/C20H20F3N3O3/c1-13(14-8-6-9-16(11-14)20(21,22)23)29-25-12-15-7-4-5-10-17(15)18(26-28-3)19(27)24-2/h4-13H,1-3H3,(H,24,27)/b25-12+,26-18-/t13-/m0/s1. The number of rotatable bonds is 7. The molecule has 0 aromatic heterocycles. The van der Waals surface area contributed by atoms with Crippen molar-refractivity contribution in [3.05, 3.63) is 70.8 Å². The molecular weight excluding hydrogens is 387 g/mol. The zero-order chi connectivity index (χ0) is 21.4. The zero-order valence-corrected chi connectivity index (χ0v) is 16.0. The van der Waals surface area contributed by atoms with Gasteiger partial charge in [-0.25, -0.2) is 0 Å². The number of benzene rings is 2. The normalized spacial score (nSPS) is 13.2. The van der Waals surface area contributed by atoms with E-state index in [1.54, 1.807) is 31.2 Å². The average molecular weight is 407 g/mol. The maximum absolute atomic E-state index is 12.9. The molecule has 29 heavy (non-hydrogen) atoms. The van der Waals surface area contributed by atoms with Gasteiger partial charge in [-0.2, -0.15) is 13.2 Å². The average Bonchev–Trinajstić information content (AvgIpc) is 2.71. The fraction of sp³-hybridized carbons (Fsp3) is 0.250. The van der Waals surface area contributed by atoms with Gasteiger partial charge in [-0.1, -0.05) is 46.7 Å². The summed E-state index contributed by atoms with van der Waals surface area (Å²) in [5, 5.41) is 10.1. The third kappa shape index (κ3) is 5.81. The van der Waals surface area contributed by atoms with Gasteiger partial charge in [0.15, 0.2) is 5.71 Å². The molecule has 0 aliphatic heterocycles. The van der Waals surface area contributed by atoms with Crippen LogP contribution < -0.4 is 5.32 Å². The van der Waals surface area contributed by atoms with E-state index >= 15 is 0 Å². The van der Waals surface area contributed by atoms with Crippen LogP contribution in [0, 0.1) is 0 Å². The molecule has 0 aliphatic rings. The van der Waals surface area contributed by atoms with Crippen LogP contribution in [0.4, 0.5) is 13.2 Å². The van der Waals surface area contributed by atoms with E-state index in [9.17, 15) is 18.0 Å². The Labute approximate surface area is 166 Å². The third-order valence-electron chi connectivity index (χ3n) is 3.93. The van der Waals surface area contributed by atoms with Crippen molar-refractivity contribution in [1.82, 2.24) is 5.32 Å². The summed E-state index contributed by atoms with van der Waals surface area (Å²) in [7, 11) is 2.78. The van der Waals surface area contributed by atoms with Gasteiger partial charge in [0, 0.05) is 18.2 Å². The minimum absolute atomic E-state index is 0.0444. The van der Waals surface area contributed by atoms with Crippen molar-refractivity contribution in [2.75, 3.05) is 14.2 Å². The van der Waals surface area contributed by atoms with Crippen molar-refractivity contribution >= 4 is 17.8 Å². The molecule has 0 spiro atoms. The van der Waals surface area contributed by atoms with Gasteiger partial charge in [0.1, 0.15) is 13.2 Å². The number of amides is 1. The fourth-order valence-electron chi connectivity index (χ4n) is 2.46. The predicted octanol–water partition coefficient (Wildman–Crippen LogP) is 3.91. The smallest absolute Gasteiger partial charge is 0.398 e. The molecule has 1 amide bonds. The van der Waals surface area contributed by atoms with Crippen molar-refractivity contribution in [3.63, 3.8) is 0 Å². The van der Waals surface area contributed by atoms with Gasteiger partial charge in [-0.15, -0.1) is 0 Å². The number of halogens is 3. The van der Waals surface area contributed by atoms with E-state index in [4.69, 9.17) is 9.68 Å². The van der Waals surface area contributed by atoms with E-state index in [2.05, 4.69) is 15.6 Å². The van der Waals surface area contributed by atoms with Crippen molar-refractivity contribution < 1.29 is 27.6 Å². The molecule has 1 atom stereocenters. The van der Waals surface area contributed by atoms with Gasteiger partial charge >= 0.3 is 6.18 Å². The van der Waals surface area contributed by atoms with E-state index < -0.39 is 23.8 Å². The molecule has 0 saturated heterocycles. The Balaban J connectivity index is 2.21. The first-order chi connectivity index (χ1) is 13.8. The second kappa shape index (κ2) is 9.72. The predicted molar refractivity (Wildman–Crippen MR) is 103 cm³/mol. The molecule has 2 rings (SSSR count). The van der Waals surface area contributed by atoms with Crippen LogP contribution in [0.15, 0.2) is 58.8 Å².